The molecule has 0 radical (unpaired) electrons. The molecular weight excluding hydrogens is 336 g/mol. The fraction of sp³-hybridized carbons (Fsp3) is 0.348. The Labute approximate surface area is 160 Å². The van der Waals surface area contributed by atoms with Gasteiger partial charge in [0, 0.05) is 23.7 Å². The van der Waals surface area contributed by atoms with Crippen LogP contribution in [-0.2, 0) is 0 Å². The minimum atomic E-state index is -0.0205. The van der Waals surface area contributed by atoms with E-state index in [9.17, 15) is 4.79 Å². The summed E-state index contributed by atoms with van der Waals surface area (Å²) in [5, 5.41) is 1.07. The first-order valence-corrected chi connectivity index (χ1v) is 9.87. The second-order valence-corrected chi connectivity index (χ2v) is 7.18. The molecule has 0 bridgehead atoms. The third-order valence-corrected chi connectivity index (χ3v) is 5.26. The molecule has 1 fully saturated rings. The van der Waals surface area contributed by atoms with Crippen LogP contribution in [0.4, 0.5) is 0 Å². The van der Waals surface area contributed by atoms with Crippen molar-refractivity contribution in [3.63, 3.8) is 0 Å². The topological polar surface area (TPSA) is 34.5 Å². The number of aromatic nitrogens is 1. The fourth-order valence-electron chi connectivity index (χ4n) is 3.75. The molecule has 0 N–H and O–H groups in total. The summed E-state index contributed by atoms with van der Waals surface area (Å²) in [5.41, 5.74) is 1.59. The quantitative estimate of drug-likeness (QED) is 0.602. The van der Waals surface area contributed by atoms with Crippen LogP contribution in [0.25, 0.3) is 10.9 Å². The van der Waals surface area contributed by atoms with Crippen LogP contribution in [0.3, 0.4) is 0 Å². The van der Waals surface area contributed by atoms with E-state index in [4.69, 9.17) is 4.74 Å². The Morgan fingerprint density at radius 2 is 1.70 bits per heavy atom. The summed E-state index contributed by atoms with van der Waals surface area (Å²) >= 11 is 0. The summed E-state index contributed by atoms with van der Waals surface area (Å²) in [4.78, 5) is 15.3. The van der Waals surface area contributed by atoms with Crippen LogP contribution in [-0.4, -0.2) is 41.6 Å². The number of nitrogens with zero attached hydrogens (tertiary/aromatic N) is 2. The number of fused-ring (bicyclic) bond motifs is 1. The maximum atomic E-state index is 12.8. The van der Waals surface area contributed by atoms with Crippen LogP contribution in [0.15, 0.2) is 60.8 Å². The highest BCUT2D eigenvalue weighted by Crippen LogP contribution is 2.19. The van der Waals surface area contributed by atoms with Crippen molar-refractivity contribution in [1.29, 1.82) is 0 Å². The Balaban J connectivity index is 1.32. The van der Waals surface area contributed by atoms with E-state index in [1.165, 1.54) is 32.4 Å². The van der Waals surface area contributed by atoms with E-state index in [0.717, 1.165) is 29.6 Å². The van der Waals surface area contributed by atoms with Gasteiger partial charge in [0.2, 0.25) is 0 Å². The standard InChI is InChI=1S/C23H26N2O2/c26-23(25-17-13-19-7-2-3-8-22(19)25)20-9-11-21(12-10-20)27-18-6-16-24-14-4-1-5-15-24/h2-3,7-13,17H,1,4-6,14-16,18H2. The average molecular weight is 362 g/mol. The van der Waals surface area contributed by atoms with Gasteiger partial charge in [0.1, 0.15) is 5.75 Å². The summed E-state index contributed by atoms with van der Waals surface area (Å²) in [5.74, 6) is 0.801. The molecule has 3 aromatic rings. The van der Waals surface area contributed by atoms with Crippen LogP contribution >= 0.6 is 0 Å². The van der Waals surface area contributed by atoms with Crippen molar-refractivity contribution in [2.45, 2.75) is 25.7 Å². The van der Waals surface area contributed by atoms with E-state index in [2.05, 4.69) is 4.90 Å². The molecule has 4 rings (SSSR count). The molecule has 2 heterocycles. The van der Waals surface area contributed by atoms with E-state index < -0.39 is 0 Å². The Kier molecular flexibility index (Phi) is 5.54. The molecule has 27 heavy (non-hydrogen) atoms. The SMILES string of the molecule is O=C(c1ccc(OCCCN2CCCCC2)cc1)n1ccc2ccccc21. The molecule has 2 aromatic carbocycles. The molecule has 0 saturated carbocycles. The largest absolute Gasteiger partial charge is 0.494 e. The monoisotopic (exact) mass is 362 g/mol. The van der Waals surface area contributed by atoms with Gasteiger partial charge in [-0.15, -0.1) is 0 Å². The molecule has 0 amide bonds. The Morgan fingerprint density at radius 3 is 2.52 bits per heavy atom. The first kappa shape index (κ1) is 17.8. The summed E-state index contributed by atoms with van der Waals surface area (Å²) in [7, 11) is 0. The van der Waals surface area contributed by atoms with Gasteiger partial charge >= 0.3 is 0 Å². The number of rotatable bonds is 6. The van der Waals surface area contributed by atoms with Crippen molar-refractivity contribution in [3.8, 4) is 5.75 Å². The van der Waals surface area contributed by atoms with Crippen molar-refractivity contribution in [3.05, 3.63) is 66.4 Å². The Morgan fingerprint density at radius 1 is 0.926 bits per heavy atom. The highest BCUT2D eigenvalue weighted by Gasteiger charge is 2.12. The van der Waals surface area contributed by atoms with Crippen molar-refractivity contribution in [2.75, 3.05) is 26.2 Å². The maximum absolute atomic E-state index is 12.8. The summed E-state index contributed by atoms with van der Waals surface area (Å²) in [6, 6.07) is 17.3. The number of ether oxygens (including phenoxy) is 1. The fourth-order valence-corrected chi connectivity index (χ4v) is 3.75. The number of hydrogen-bond donors (Lipinski definition) is 0. The second kappa shape index (κ2) is 8.40. The molecule has 140 valence electrons. The van der Waals surface area contributed by atoms with E-state index in [1.54, 1.807) is 4.57 Å². The Hall–Kier alpha value is -2.59. The number of carbonyl (C=O) groups excluding carboxylic acids is 1. The lowest BCUT2D eigenvalue weighted by molar-refractivity contribution is 0.0965. The molecule has 4 nitrogen and oxygen atoms in total. The predicted octanol–water partition coefficient (Wildman–Crippen LogP) is 4.58. The zero-order chi connectivity index (χ0) is 18.5. The zero-order valence-corrected chi connectivity index (χ0v) is 15.6. The molecule has 0 aliphatic carbocycles. The number of piperidine rings is 1. The van der Waals surface area contributed by atoms with Crippen molar-refractivity contribution >= 4 is 16.8 Å². The maximum Gasteiger partial charge on any atom is 0.262 e. The van der Waals surface area contributed by atoms with Gasteiger partial charge in [-0.3, -0.25) is 9.36 Å². The van der Waals surface area contributed by atoms with Gasteiger partial charge < -0.3 is 9.64 Å². The smallest absolute Gasteiger partial charge is 0.262 e. The van der Waals surface area contributed by atoms with Gasteiger partial charge in [-0.1, -0.05) is 24.6 Å². The van der Waals surface area contributed by atoms with E-state index in [0.29, 0.717) is 12.2 Å². The third kappa shape index (κ3) is 4.22. The van der Waals surface area contributed by atoms with Crippen molar-refractivity contribution < 1.29 is 9.53 Å². The minimum absolute atomic E-state index is 0.0205. The van der Waals surface area contributed by atoms with Crippen LogP contribution in [0.5, 0.6) is 5.75 Å². The molecule has 4 heteroatoms. The lowest BCUT2D eigenvalue weighted by Crippen LogP contribution is -2.31. The molecule has 1 saturated heterocycles. The van der Waals surface area contributed by atoms with Crippen LogP contribution in [0.1, 0.15) is 36.0 Å². The second-order valence-electron chi connectivity index (χ2n) is 7.18. The molecule has 1 aliphatic rings. The molecule has 0 atom stereocenters. The average Bonchev–Trinajstić information content (AvgIpc) is 3.16. The summed E-state index contributed by atoms with van der Waals surface area (Å²) < 4.78 is 7.55. The van der Waals surface area contributed by atoms with Gasteiger partial charge in [0.25, 0.3) is 5.91 Å². The number of para-hydroxylation sites is 1. The van der Waals surface area contributed by atoms with E-state index >= 15 is 0 Å². The van der Waals surface area contributed by atoms with Crippen LogP contribution in [0, 0.1) is 0 Å². The van der Waals surface area contributed by atoms with E-state index in [1.807, 2.05) is 60.8 Å². The van der Waals surface area contributed by atoms with Gasteiger partial charge in [0.05, 0.1) is 12.1 Å². The number of benzene rings is 2. The Bertz CT molecular complexity index is 892. The zero-order valence-electron chi connectivity index (χ0n) is 15.6. The number of likely N-dealkylation sites (tertiary alicyclic amines) is 1. The lowest BCUT2D eigenvalue weighted by Gasteiger charge is -2.26. The number of carbonyl (C=O) groups is 1. The normalized spacial score (nSPS) is 15.1. The highest BCUT2D eigenvalue weighted by atomic mass is 16.5. The highest BCUT2D eigenvalue weighted by molar-refractivity contribution is 6.02. The van der Waals surface area contributed by atoms with Crippen molar-refractivity contribution in [2.24, 2.45) is 0 Å². The summed E-state index contributed by atoms with van der Waals surface area (Å²) in [6.45, 7) is 4.28. The van der Waals surface area contributed by atoms with Crippen molar-refractivity contribution in [1.82, 2.24) is 9.47 Å². The molecule has 1 aromatic heterocycles. The first-order chi connectivity index (χ1) is 13.3. The predicted molar refractivity (Wildman–Crippen MR) is 109 cm³/mol. The molecule has 0 unspecified atom stereocenters. The number of hydrogen-bond acceptors (Lipinski definition) is 3. The van der Waals surface area contributed by atoms with Gasteiger partial charge in [0.15, 0.2) is 0 Å². The lowest BCUT2D eigenvalue weighted by atomic mass is 10.1. The first-order valence-electron chi connectivity index (χ1n) is 9.87. The van der Waals surface area contributed by atoms with Gasteiger partial charge in [-0.05, 0) is 68.8 Å². The molecule has 0 spiro atoms. The van der Waals surface area contributed by atoms with Crippen LogP contribution in [0.2, 0.25) is 0 Å². The summed E-state index contributed by atoms with van der Waals surface area (Å²) in [6.07, 6.45) is 6.89. The molecule has 1 aliphatic heterocycles. The van der Waals surface area contributed by atoms with Gasteiger partial charge in [-0.2, -0.15) is 0 Å². The minimum Gasteiger partial charge on any atom is -0.494 e. The van der Waals surface area contributed by atoms with E-state index in [-0.39, 0.29) is 5.91 Å². The van der Waals surface area contributed by atoms with Gasteiger partial charge in [-0.25, -0.2) is 0 Å². The third-order valence-electron chi connectivity index (χ3n) is 5.26. The van der Waals surface area contributed by atoms with Crippen LogP contribution < -0.4 is 4.74 Å². The molecular formula is C23H26N2O2.